The highest BCUT2D eigenvalue weighted by atomic mass is 32.2. The van der Waals surface area contributed by atoms with Gasteiger partial charge in [0.25, 0.3) is 0 Å². The zero-order valence-electron chi connectivity index (χ0n) is 7.67. The average Bonchev–Trinajstić information content (AvgIpc) is 2.06. The highest BCUT2D eigenvalue weighted by Gasteiger charge is 2.25. The van der Waals surface area contributed by atoms with Crippen LogP contribution in [-0.2, 0) is 20.4 Å². The topological polar surface area (TPSA) is 26.3 Å². The molecule has 0 saturated carbocycles. The molecule has 12 heavy (non-hydrogen) atoms. The number of ether oxygens (including phenoxy) is 1. The molecule has 1 aliphatic rings. The van der Waals surface area contributed by atoms with Gasteiger partial charge in [-0.3, -0.25) is 0 Å². The molecular weight excluding hydrogens is 172 g/mol. The zero-order chi connectivity index (χ0) is 8.81. The van der Waals surface area contributed by atoms with Crippen molar-refractivity contribution in [2.75, 3.05) is 23.9 Å². The quantitative estimate of drug-likeness (QED) is 0.495. The lowest BCUT2D eigenvalue weighted by molar-refractivity contribution is -0.139. The Hall–Kier alpha value is -0.180. The molecule has 70 valence electrons. The van der Waals surface area contributed by atoms with E-state index < -0.39 is 0 Å². The van der Waals surface area contributed by atoms with Gasteiger partial charge in [0.05, 0.1) is 6.61 Å². The Labute approximate surface area is 77.0 Å². The third-order valence-electron chi connectivity index (χ3n) is 1.99. The molecule has 1 fully saturated rings. The minimum Gasteiger partial charge on any atom is -0.463 e. The average molecular weight is 189 g/mol. The second kappa shape index (κ2) is 5.46. The summed E-state index contributed by atoms with van der Waals surface area (Å²) < 4.78 is 4.91. The first kappa shape index (κ1) is 9.90. The van der Waals surface area contributed by atoms with E-state index in [4.69, 9.17) is 4.74 Å². The van der Waals surface area contributed by atoms with Crippen molar-refractivity contribution in [2.24, 2.45) is 0 Å². The van der Waals surface area contributed by atoms with Crippen LogP contribution in [0.25, 0.3) is 0 Å². The smallest absolute Gasteiger partial charge is 0.356 e. The van der Waals surface area contributed by atoms with E-state index in [1.165, 1.54) is 30.8 Å². The van der Waals surface area contributed by atoms with Crippen LogP contribution >= 0.6 is 0 Å². The normalized spacial score (nSPS) is 19.1. The van der Waals surface area contributed by atoms with E-state index in [2.05, 4.69) is 0 Å². The fourth-order valence-corrected chi connectivity index (χ4v) is 3.54. The maximum atomic E-state index is 11.1. The molecule has 0 amide bonds. The van der Waals surface area contributed by atoms with Gasteiger partial charge < -0.3 is 4.74 Å². The Balaban J connectivity index is 2.15. The summed E-state index contributed by atoms with van der Waals surface area (Å²) in [6.45, 7) is 2.39. The van der Waals surface area contributed by atoms with Gasteiger partial charge in [0.2, 0.25) is 5.75 Å². The Bertz CT molecular complexity index is 141. The van der Waals surface area contributed by atoms with Crippen molar-refractivity contribution in [3.05, 3.63) is 0 Å². The van der Waals surface area contributed by atoms with Crippen molar-refractivity contribution in [1.29, 1.82) is 0 Å². The van der Waals surface area contributed by atoms with Crippen LogP contribution in [0.1, 0.15) is 26.2 Å². The number of carbonyl (C=O) groups excluding carboxylic acids is 1. The van der Waals surface area contributed by atoms with Crippen molar-refractivity contribution >= 4 is 16.9 Å². The predicted molar refractivity (Wildman–Crippen MR) is 52.5 cm³/mol. The van der Waals surface area contributed by atoms with Gasteiger partial charge in [-0.15, -0.1) is 0 Å². The van der Waals surface area contributed by atoms with Gasteiger partial charge in [-0.25, -0.2) is 4.79 Å². The van der Waals surface area contributed by atoms with Gasteiger partial charge in [-0.1, -0.05) is 0 Å². The fraction of sp³-hybridized carbons (Fsp3) is 0.889. The van der Waals surface area contributed by atoms with Crippen LogP contribution in [0.15, 0.2) is 0 Å². The molecule has 0 aromatic heterocycles. The van der Waals surface area contributed by atoms with Gasteiger partial charge in [-0.05, 0) is 37.1 Å². The molecule has 0 unspecified atom stereocenters. The number of hydrogen-bond acceptors (Lipinski definition) is 2. The lowest BCUT2D eigenvalue weighted by Gasteiger charge is -2.12. The summed E-state index contributed by atoms with van der Waals surface area (Å²) in [4.78, 5) is 11.1. The third kappa shape index (κ3) is 3.48. The number of esters is 1. The largest absolute Gasteiger partial charge is 0.463 e. The molecule has 0 radical (unpaired) electrons. The van der Waals surface area contributed by atoms with Gasteiger partial charge in [0.1, 0.15) is 11.5 Å². The van der Waals surface area contributed by atoms with E-state index in [-0.39, 0.29) is 5.97 Å². The fourth-order valence-electron chi connectivity index (χ4n) is 1.40. The summed E-state index contributed by atoms with van der Waals surface area (Å²) in [6, 6.07) is 0. The highest BCUT2D eigenvalue weighted by molar-refractivity contribution is 7.97. The van der Waals surface area contributed by atoms with Crippen LogP contribution in [0.4, 0.5) is 0 Å². The van der Waals surface area contributed by atoms with Crippen LogP contribution in [-0.4, -0.2) is 29.8 Å². The number of hydrogen-bond donors (Lipinski definition) is 0. The van der Waals surface area contributed by atoms with E-state index in [1.807, 2.05) is 6.92 Å². The van der Waals surface area contributed by atoms with Gasteiger partial charge in [-0.2, -0.15) is 0 Å². The van der Waals surface area contributed by atoms with Crippen molar-refractivity contribution in [2.45, 2.75) is 26.2 Å². The summed E-state index contributed by atoms with van der Waals surface area (Å²) in [5.74, 6) is 3.17. The summed E-state index contributed by atoms with van der Waals surface area (Å²) in [7, 11) is 0.349. The molecule has 1 heterocycles. The third-order valence-corrected chi connectivity index (χ3v) is 4.37. The first-order valence-corrected chi connectivity index (χ1v) is 6.36. The maximum Gasteiger partial charge on any atom is 0.356 e. The predicted octanol–water partition coefficient (Wildman–Crippen LogP) is 1.35. The molecule has 0 bridgehead atoms. The van der Waals surface area contributed by atoms with Crippen LogP contribution in [0.3, 0.4) is 0 Å². The first-order valence-electron chi connectivity index (χ1n) is 4.62. The summed E-state index contributed by atoms with van der Waals surface area (Å²) in [6.07, 6.45) is 3.97. The van der Waals surface area contributed by atoms with Crippen LogP contribution in [0.2, 0.25) is 0 Å². The standard InChI is InChI=1S/C9H17O2S/c1-2-11-9(10)8-12-6-4-3-5-7-12/h2-8H2,1H3/q+1. The Morgan fingerprint density at radius 1 is 1.33 bits per heavy atom. The molecule has 0 atom stereocenters. The van der Waals surface area contributed by atoms with Crippen LogP contribution in [0, 0.1) is 0 Å². The van der Waals surface area contributed by atoms with Crippen LogP contribution < -0.4 is 0 Å². The van der Waals surface area contributed by atoms with E-state index in [9.17, 15) is 4.79 Å². The molecule has 1 saturated heterocycles. The SMILES string of the molecule is CCOC(=O)C[S+]1CCCCC1. The van der Waals surface area contributed by atoms with Crippen molar-refractivity contribution in [3.63, 3.8) is 0 Å². The van der Waals surface area contributed by atoms with E-state index in [0.717, 1.165) is 0 Å². The lowest BCUT2D eigenvalue weighted by atomic mass is 10.3. The first-order chi connectivity index (χ1) is 5.83. The summed E-state index contributed by atoms with van der Waals surface area (Å²) in [5.41, 5.74) is 0. The molecule has 0 aliphatic carbocycles. The van der Waals surface area contributed by atoms with Crippen molar-refractivity contribution in [3.8, 4) is 0 Å². The molecule has 3 heteroatoms. The molecule has 1 aliphatic heterocycles. The molecule has 0 aromatic carbocycles. The molecular formula is C9H17O2S+. The second-order valence-electron chi connectivity index (χ2n) is 3.03. The van der Waals surface area contributed by atoms with E-state index >= 15 is 0 Å². The summed E-state index contributed by atoms with van der Waals surface area (Å²) in [5, 5.41) is 0. The minimum atomic E-state index is 0.00253. The van der Waals surface area contributed by atoms with E-state index in [1.54, 1.807) is 0 Å². The second-order valence-corrected chi connectivity index (χ2v) is 5.36. The lowest BCUT2D eigenvalue weighted by Crippen LogP contribution is -2.26. The molecule has 0 N–H and O–H groups in total. The van der Waals surface area contributed by atoms with Gasteiger partial charge in [0, 0.05) is 0 Å². The molecule has 0 spiro atoms. The maximum absolute atomic E-state index is 11.1. The van der Waals surface area contributed by atoms with Crippen molar-refractivity contribution in [1.82, 2.24) is 0 Å². The van der Waals surface area contributed by atoms with Gasteiger partial charge in [0.15, 0.2) is 0 Å². The Morgan fingerprint density at radius 3 is 2.58 bits per heavy atom. The zero-order valence-corrected chi connectivity index (χ0v) is 8.49. The highest BCUT2D eigenvalue weighted by Crippen LogP contribution is 2.13. The Morgan fingerprint density at radius 2 is 2.00 bits per heavy atom. The monoisotopic (exact) mass is 189 g/mol. The molecule has 2 nitrogen and oxygen atoms in total. The van der Waals surface area contributed by atoms with Crippen LogP contribution in [0.5, 0.6) is 0 Å². The summed E-state index contributed by atoms with van der Waals surface area (Å²) >= 11 is 0. The Kier molecular flexibility index (Phi) is 4.51. The molecule has 1 rings (SSSR count). The van der Waals surface area contributed by atoms with Gasteiger partial charge >= 0.3 is 5.97 Å². The molecule has 0 aromatic rings. The minimum absolute atomic E-state index is 0.00253. The van der Waals surface area contributed by atoms with E-state index in [0.29, 0.717) is 23.3 Å². The number of rotatable bonds is 3. The van der Waals surface area contributed by atoms with Crippen molar-refractivity contribution < 1.29 is 9.53 Å². The number of carbonyl (C=O) groups is 1.